The van der Waals surface area contributed by atoms with Gasteiger partial charge in [0, 0.05) is 17.7 Å². The largest absolute Gasteiger partial charge is 0.497 e. The van der Waals surface area contributed by atoms with E-state index in [9.17, 15) is 9.59 Å². The lowest BCUT2D eigenvalue weighted by Crippen LogP contribution is -2.29. The number of rotatable bonds is 6. The van der Waals surface area contributed by atoms with Crippen LogP contribution in [0, 0.1) is 0 Å². The number of ether oxygens (including phenoxy) is 2. The van der Waals surface area contributed by atoms with Crippen molar-refractivity contribution < 1.29 is 14.3 Å². The molecule has 0 aliphatic rings. The van der Waals surface area contributed by atoms with Gasteiger partial charge in [0.05, 0.1) is 25.6 Å². The zero-order valence-electron chi connectivity index (χ0n) is 15.0. The highest BCUT2D eigenvalue weighted by atomic mass is 16.5. The maximum Gasteiger partial charge on any atom is 0.267 e. The molecule has 0 aliphatic heterocycles. The van der Waals surface area contributed by atoms with E-state index in [2.05, 4.69) is 10.4 Å². The maximum absolute atomic E-state index is 12.4. The van der Waals surface area contributed by atoms with Gasteiger partial charge in [0.1, 0.15) is 18.0 Å². The SMILES string of the molecule is COc1ccc(NC(=O)Cn2nc(-c3ccccc3)ccc2=O)c(OC)c1. The van der Waals surface area contributed by atoms with Crippen molar-refractivity contribution in [3.8, 4) is 22.8 Å². The summed E-state index contributed by atoms with van der Waals surface area (Å²) in [5.74, 6) is 0.678. The summed E-state index contributed by atoms with van der Waals surface area (Å²) in [6, 6.07) is 17.5. The zero-order chi connectivity index (χ0) is 19.2. The fourth-order valence-corrected chi connectivity index (χ4v) is 2.55. The first kappa shape index (κ1) is 18.2. The van der Waals surface area contributed by atoms with Gasteiger partial charge in [0.2, 0.25) is 5.91 Å². The van der Waals surface area contributed by atoms with E-state index in [0.717, 1.165) is 10.2 Å². The molecule has 0 radical (unpaired) electrons. The van der Waals surface area contributed by atoms with Crippen LogP contribution in [0.4, 0.5) is 5.69 Å². The minimum atomic E-state index is -0.390. The predicted octanol–water partition coefficient (Wildman–Crippen LogP) is 2.57. The Kier molecular flexibility index (Phi) is 5.51. The van der Waals surface area contributed by atoms with E-state index in [1.165, 1.54) is 13.2 Å². The average Bonchev–Trinajstić information content (AvgIpc) is 2.70. The van der Waals surface area contributed by atoms with Crippen LogP contribution in [-0.2, 0) is 11.3 Å². The number of anilines is 1. The Bertz CT molecular complexity index is 1000. The summed E-state index contributed by atoms with van der Waals surface area (Å²) in [5.41, 5.74) is 1.61. The summed E-state index contributed by atoms with van der Waals surface area (Å²) in [4.78, 5) is 24.5. The van der Waals surface area contributed by atoms with E-state index in [4.69, 9.17) is 9.47 Å². The van der Waals surface area contributed by atoms with Gasteiger partial charge < -0.3 is 14.8 Å². The van der Waals surface area contributed by atoms with Gasteiger partial charge in [-0.1, -0.05) is 30.3 Å². The van der Waals surface area contributed by atoms with Crippen LogP contribution in [0.25, 0.3) is 11.3 Å². The van der Waals surface area contributed by atoms with E-state index in [-0.39, 0.29) is 12.1 Å². The Morgan fingerprint density at radius 3 is 2.52 bits per heavy atom. The van der Waals surface area contributed by atoms with Gasteiger partial charge in [-0.05, 0) is 18.2 Å². The number of aromatic nitrogens is 2. The van der Waals surface area contributed by atoms with Crippen LogP contribution in [0.3, 0.4) is 0 Å². The number of methoxy groups -OCH3 is 2. The molecule has 138 valence electrons. The first-order chi connectivity index (χ1) is 13.1. The first-order valence-corrected chi connectivity index (χ1v) is 8.26. The monoisotopic (exact) mass is 365 g/mol. The molecule has 0 spiro atoms. The quantitative estimate of drug-likeness (QED) is 0.726. The van der Waals surface area contributed by atoms with Crippen molar-refractivity contribution in [2.75, 3.05) is 19.5 Å². The number of carbonyl (C=O) groups excluding carboxylic acids is 1. The maximum atomic E-state index is 12.4. The van der Waals surface area contributed by atoms with Crippen molar-refractivity contribution in [2.45, 2.75) is 6.54 Å². The Morgan fingerprint density at radius 1 is 1.04 bits per heavy atom. The molecule has 0 saturated carbocycles. The molecule has 7 nitrogen and oxygen atoms in total. The molecule has 3 rings (SSSR count). The molecule has 7 heteroatoms. The number of benzene rings is 2. The smallest absolute Gasteiger partial charge is 0.267 e. The molecule has 0 fully saturated rings. The van der Waals surface area contributed by atoms with E-state index in [0.29, 0.717) is 22.9 Å². The molecule has 1 N–H and O–H groups in total. The zero-order valence-corrected chi connectivity index (χ0v) is 15.0. The van der Waals surface area contributed by atoms with Gasteiger partial charge >= 0.3 is 0 Å². The normalized spacial score (nSPS) is 10.3. The van der Waals surface area contributed by atoms with Crippen LogP contribution < -0.4 is 20.3 Å². The Hall–Kier alpha value is -3.61. The second kappa shape index (κ2) is 8.18. The highest BCUT2D eigenvalue weighted by molar-refractivity contribution is 5.92. The highest BCUT2D eigenvalue weighted by Crippen LogP contribution is 2.28. The molecule has 1 aromatic heterocycles. The van der Waals surface area contributed by atoms with Gasteiger partial charge in [0.15, 0.2) is 0 Å². The minimum Gasteiger partial charge on any atom is -0.497 e. The molecule has 27 heavy (non-hydrogen) atoms. The number of hydrogen-bond donors (Lipinski definition) is 1. The summed E-state index contributed by atoms with van der Waals surface area (Å²) < 4.78 is 11.5. The lowest BCUT2D eigenvalue weighted by atomic mass is 10.1. The third-order valence-corrected chi connectivity index (χ3v) is 3.91. The number of nitrogens with zero attached hydrogens (tertiary/aromatic N) is 2. The Labute approximate surface area is 156 Å². The van der Waals surface area contributed by atoms with Crippen molar-refractivity contribution in [3.05, 3.63) is 71.0 Å². The van der Waals surface area contributed by atoms with E-state index >= 15 is 0 Å². The molecule has 0 unspecified atom stereocenters. The van der Waals surface area contributed by atoms with Gasteiger partial charge in [0.25, 0.3) is 5.56 Å². The first-order valence-electron chi connectivity index (χ1n) is 8.26. The fraction of sp³-hybridized carbons (Fsp3) is 0.150. The predicted molar refractivity (Wildman–Crippen MR) is 102 cm³/mol. The van der Waals surface area contributed by atoms with Gasteiger partial charge in [-0.15, -0.1) is 0 Å². The molecule has 3 aromatic rings. The fourth-order valence-electron chi connectivity index (χ4n) is 2.55. The van der Waals surface area contributed by atoms with Crippen molar-refractivity contribution in [3.63, 3.8) is 0 Å². The summed E-state index contributed by atoms with van der Waals surface area (Å²) in [6.45, 7) is -0.214. The molecule has 2 aromatic carbocycles. The average molecular weight is 365 g/mol. The van der Waals surface area contributed by atoms with Gasteiger partial charge in [-0.2, -0.15) is 5.10 Å². The molecule has 1 amide bonds. The van der Waals surface area contributed by atoms with Crippen LogP contribution >= 0.6 is 0 Å². The third kappa shape index (κ3) is 4.33. The van der Waals surface area contributed by atoms with Crippen LogP contribution in [-0.4, -0.2) is 29.9 Å². The molecular weight excluding hydrogens is 346 g/mol. The number of amides is 1. The molecule has 0 saturated heterocycles. The van der Waals surface area contributed by atoms with E-state index in [1.807, 2.05) is 30.3 Å². The molecule has 0 bridgehead atoms. The van der Waals surface area contributed by atoms with Crippen molar-refractivity contribution in [1.82, 2.24) is 9.78 Å². The molecule has 0 atom stereocenters. The number of hydrogen-bond acceptors (Lipinski definition) is 5. The Morgan fingerprint density at radius 2 is 1.81 bits per heavy atom. The van der Waals surface area contributed by atoms with E-state index < -0.39 is 5.91 Å². The third-order valence-electron chi connectivity index (χ3n) is 3.91. The lowest BCUT2D eigenvalue weighted by molar-refractivity contribution is -0.117. The number of carbonyl (C=O) groups is 1. The second-order valence-electron chi connectivity index (χ2n) is 5.69. The lowest BCUT2D eigenvalue weighted by Gasteiger charge is -2.12. The molecular formula is C20H19N3O4. The van der Waals surface area contributed by atoms with Crippen LogP contribution in [0.2, 0.25) is 0 Å². The van der Waals surface area contributed by atoms with Crippen LogP contribution in [0.1, 0.15) is 0 Å². The second-order valence-corrected chi connectivity index (χ2v) is 5.69. The highest BCUT2D eigenvalue weighted by Gasteiger charge is 2.11. The topological polar surface area (TPSA) is 82.5 Å². The van der Waals surface area contributed by atoms with Gasteiger partial charge in [-0.25, -0.2) is 4.68 Å². The number of nitrogens with one attached hydrogen (secondary N) is 1. The summed E-state index contributed by atoms with van der Waals surface area (Å²) in [6.07, 6.45) is 0. The van der Waals surface area contributed by atoms with Gasteiger partial charge in [-0.3, -0.25) is 9.59 Å². The summed E-state index contributed by atoms with van der Waals surface area (Å²) in [7, 11) is 3.05. The summed E-state index contributed by atoms with van der Waals surface area (Å²) >= 11 is 0. The standard InChI is InChI=1S/C20H19N3O4/c1-26-15-8-9-17(18(12-15)27-2)21-19(24)13-23-20(25)11-10-16(22-23)14-6-4-3-5-7-14/h3-12H,13H2,1-2H3,(H,21,24). The van der Waals surface area contributed by atoms with Crippen LogP contribution in [0.5, 0.6) is 11.5 Å². The molecule has 1 heterocycles. The van der Waals surface area contributed by atoms with Crippen molar-refractivity contribution >= 4 is 11.6 Å². The summed E-state index contributed by atoms with van der Waals surface area (Å²) in [5, 5.41) is 7.01. The van der Waals surface area contributed by atoms with Crippen molar-refractivity contribution in [2.24, 2.45) is 0 Å². The minimum absolute atomic E-state index is 0.214. The van der Waals surface area contributed by atoms with E-state index in [1.54, 1.807) is 31.4 Å². The van der Waals surface area contributed by atoms with Crippen molar-refractivity contribution in [1.29, 1.82) is 0 Å². The Balaban J connectivity index is 1.79. The van der Waals surface area contributed by atoms with Crippen LogP contribution in [0.15, 0.2) is 65.5 Å². The molecule has 0 aliphatic carbocycles.